The molecule has 0 bridgehead atoms. The number of aromatic nitrogens is 3. The third-order valence-corrected chi connectivity index (χ3v) is 7.38. The zero-order chi connectivity index (χ0) is 19.6. The van der Waals surface area contributed by atoms with Gasteiger partial charge >= 0.3 is 0 Å². The van der Waals surface area contributed by atoms with Gasteiger partial charge in [0.15, 0.2) is 0 Å². The van der Waals surface area contributed by atoms with E-state index in [2.05, 4.69) is 15.2 Å². The van der Waals surface area contributed by atoms with Gasteiger partial charge in [-0.05, 0) is 49.2 Å². The lowest BCUT2D eigenvalue weighted by atomic mass is 10.2. The standard InChI is InChI=1S/C18H17ClN4O3S2/c19-14-5-3-13(4-6-14)18-22-21-16(26-18)12-27-17-8-7-15(11-20-17)28(24,25)23-9-1-2-10-23/h3-8,11H,1-2,9-10,12H2. The van der Waals surface area contributed by atoms with Gasteiger partial charge in [-0.3, -0.25) is 0 Å². The fraction of sp³-hybridized carbons (Fsp3) is 0.278. The van der Waals surface area contributed by atoms with Gasteiger partial charge in [-0.1, -0.05) is 23.4 Å². The predicted octanol–water partition coefficient (Wildman–Crippen LogP) is 3.86. The van der Waals surface area contributed by atoms with E-state index in [0.29, 0.717) is 40.7 Å². The maximum atomic E-state index is 12.5. The Kier molecular flexibility index (Phi) is 5.68. The number of sulfonamides is 1. The summed E-state index contributed by atoms with van der Waals surface area (Å²) in [5.74, 6) is 1.32. The molecule has 0 saturated carbocycles. The largest absolute Gasteiger partial charge is 0.420 e. The topological polar surface area (TPSA) is 89.2 Å². The molecular weight excluding hydrogens is 420 g/mol. The highest BCUT2D eigenvalue weighted by atomic mass is 35.5. The SMILES string of the molecule is O=S(=O)(c1ccc(SCc2nnc(-c3ccc(Cl)cc3)o2)nc1)N1CCCC1. The first-order chi connectivity index (χ1) is 13.5. The van der Waals surface area contributed by atoms with E-state index in [1.54, 1.807) is 24.3 Å². The second-order valence-electron chi connectivity index (χ2n) is 6.24. The second-order valence-corrected chi connectivity index (χ2v) is 9.61. The lowest BCUT2D eigenvalue weighted by Gasteiger charge is -2.15. The summed E-state index contributed by atoms with van der Waals surface area (Å²) in [7, 11) is -3.44. The van der Waals surface area contributed by atoms with Crippen LogP contribution in [0.2, 0.25) is 5.02 Å². The third kappa shape index (κ3) is 4.22. The van der Waals surface area contributed by atoms with Gasteiger partial charge in [-0.25, -0.2) is 13.4 Å². The molecule has 1 aliphatic rings. The first kappa shape index (κ1) is 19.4. The molecule has 0 radical (unpaired) electrons. The van der Waals surface area contributed by atoms with Crippen molar-refractivity contribution in [3.63, 3.8) is 0 Å². The summed E-state index contributed by atoms with van der Waals surface area (Å²) in [6.45, 7) is 1.15. The van der Waals surface area contributed by atoms with Crippen LogP contribution in [-0.4, -0.2) is 41.0 Å². The zero-order valence-corrected chi connectivity index (χ0v) is 17.2. The molecule has 2 aromatic heterocycles. The van der Waals surface area contributed by atoms with Gasteiger partial charge in [-0.2, -0.15) is 4.31 Å². The summed E-state index contributed by atoms with van der Waals surface area (Å²) in [6, 6.07) is 10.4. The second kappa shape index (κ2) is 8.20. The van der Waals surface area contributed by atoms with Gasteiger partial charge in [0.05, 0.1) is 10.8 Å². The van der Waals surface area contributed by atoms with Crippen molar-refractivity contribution in [1.82, 2.24) is 19.5 Å². The molecule has 1 saturated heterocycles. The molecule has 0 atom stereocenters. The number of nitrogens with zero attached hydrogens (tertiary/aromatic N) is 4. The number of pyridine rings is 1. The van der Waals surface area contributed by atoms with Gasteiger partial charge in [0.2, 0.25) is 21.8 Å². The summed E-state index contributed by atoms with van der Waals surface area (Å²) in [5.41, 5.74) is 0.794. The van der Waals surface area contributed by atoms with Crippen LogP contribution in [0.5, 0.6) is 0 Å². The lowest BCUT2D eigenvalue weighted by molar-refractivity contribution is 0.477. The minimum Gasteiger partial charge on any atom is -0.420 e. The normalized spacial score (nSPS) is 15.2. The van der Waals surface area contributed by atoms with Gasteiger partial charge in [0.25, 0.3) is 0 Å². The van der Waals surface area contributed by atoms with Crippen molar-refractivity contribution in [1.29, 1.82) is 0 Å². The zero-order valence-electron chi connectivity index (χ0n) is 14.8. The predicted molar refractivity (Wildman–Crippen MR) is 107 cm³/mol. The molecule has 3 aromatic rings. The molecule has 0 aliphatic carbocycles. The highest BCUT2D eigenvalue weighted by molar-refractivity contribution is 7.98. The van der Waals surface area contributed by atoms with E-state index in [-0.39, 0.29) is 4.90 Å². The van der Waals surface area contributed by atoms with Crippen LogP contribution in [0.3, 0.4) is 0 Å². The monoisotopic (exact) mass is 436 g/mol. The molecular formula is C18H17ClN4O3S2. The smallest absolute Gasteiger partial charge is 0.247 e. The molecule has 1 aliphatic heterocycles. The average Bonchev–Trinajstić information content (AvgIpc) is 3.40. The minimum atomic E-state index is -3.44. The van der Waals surface area contributed by atoms with Crippen molar-refractivity contribution >= 4 is 33.4 Å². The highest BCUT2D eigenvalue weighted by Gasteiger charge is 2.27. The first-order valence-corrected chi connectivity index (χ1v) is 11.5. The summed E-state index contributed by atoms with van der Waals surface area (Å²) in [4.78, 5) is 4.48. The number of hydrogen-bond donors (Lipinski definition) is 0. The Morgan fingerprint density at radius 2 is 1.82 bits per heavy atom. The molecule has 1 fully saturated rings. The van der Waals surface area contributed by atoms with Crippen molar-refractivity contribution in [3.05, 3.63) is 53.5 Å². The highest BCUT2D eigenvalue weighted by Crippen LogP contribution is 2.26. The fourth-order valence-corrected chi connectivity index (χ4v) is 5.11. The summed E-state index contributed by atoms with van der Waals surface area (Å²) in [6.07, 6.45) is 3.22. The molecule has 3 heterocycles. The molecule has 0 unspecified atom stereocenters. The van der Waals surface area contributed by atoms with E-state index >= 15 is 0 Å². The van der Waals surface area contributed by atoms with Crippen LogP contribution in [0.15, 0.2) is 56.9 Å². The van der Waals surface area contributed by atoms with Crippen LogP contribution < -0.4 is 0 Å². The van der Waals surface area contributed by atoms with Crippen LogP contribution in [0.1, 0.15) is 18.7 Å². The van der Waals surface area contributed by atoms with Crippen LogP contribution in [-0.2, 0) is 15.8 Å². The van der Waals surface area contributed by atoms with E-state index in [1.165, 1.54) is 22.3 Å². The molecule has 0 N–H and O–H groups in total. The number of benzene rings is 1. The van der Waals surface area contributed by atoms with Crippen molar-refractivity contribution in [3.8, 4) is 11.5 Å². The Morgan fingerprint density at radius 1 is 1.07 bits per heavy atom. The fourth-order valence-electron chi connectivity index (χ4n) is 2.84. The Balaban J connectivity index is 1.40. The molecule has 4 rings (SSSR count). The van der Waals surface area contributed by atoms with Crippen LogP contribution >= 0.6 is 23.4 Å². The number of thioether (sulfide) groups is 1. The van der Waals surface area contributed by atoms with Crippen molar-refractivity contribution in [2.45, 2.75) is 28.5 Å². The quantitative estimate of drug-likeness (QED) is 0.542. The first-order valence-electron chi connectivity index (χ1n) is 8.70. The van der Waals surface area contributed by atoms with Gasteiger partial charge in [0.1, 0.15) is 4.90 Å². The maximum Gasteiger partial charge on any atom is 0.247 e. The molecule has 0 spiro atoms. The lowest BCUT2D eigenvalue weighted by Crippen LogP contribution is -2.27. The third-order valence-electron chi connectivity index (χ3n) is 4.31. The van der Waals surface area contributed by atoms with Crippen molar-refractivity contribution in [2.75, 3.05) is 13.1 Å². The van der Waals surface area contributed by atoms with Crippen LogP contribution in [0, 0.1) is 0 Å². The Labute approximate surface area is 172 Å². The number of rotatable bonds is 6. The molecule has 146 valence electrons. The Bertz CT molecular complexity index is 1050. The van der Waals surface area contributed by atoms with Gasteiger partial charge < -0.3 is 4.42 Å². The van der Waals surface area contributed by atoms with Crippen molar-refractivity contribution < 1.29 is 12.8 Å². The van der Waals surface area contributed by atoms with Gasteiger partial charge in [0, 0.05) is 29.9 Å². The van der Waals surface area contributed by atoms with Crippen LogP contribution in [0.25, 0.3) is 11.5 Å². The molecule has 0 amide bonds. The number of hydrogen-bond acceptors (Lipinski definition) is 7. The number of halogens is 1. The van der Waals surface area contributed by atoms with E-state index in [1.807, 2.05) is 12.1 Å². The maximum absolute atomic E-state index is 12.5. The summed E-state index contributed by atoms with van der Waals surface area (Å²) < 4.78 is 32.2. The van der Waals surface area contributed by atoms with Gasteiger partial charge in [-0.15, -0.1) is 10.2 Å². The summed E-state index contributed by atoms with van der Waals surface area (Å²) >= 11 is 7.28. The molecule has 28 heavy (non-hydrogen) atoms. The van der Waals surface area contributed by atoms with Crippen molar-refractivity contribution in [2.24, 2.45) is 0 Å². The van der Waals surface area contributed by atoms with E-state index < -0.39 is 10.0 Å². The van der Waals surface area contributed by atoms with Crippen LogP contribution in [0.4, 0.5) is 0 Å². The molecule has 7 nitrogen and oxygen atoms in total. The van der Waals surface area contributed by atoms with E-state index in [0.717, 1.165) is 18.4 Å². The minimum absolute atomic E-state index is 0.224. The Hall–Kier alpha value is -1.94. The molecule has 1 aromatic carbocycles. The average molecular weight is 437 g/mol. The Morgan fingerprint density at radius 3 is 2.50 bits per heavy atom. The van der Waals surface area contributed by atoms with E-state index in [9.17, 15) is 8.42 Å². The summed E-state index contributed by atoms with van der Waals surface area (Å²) in [5, 5.41) is 9.40. The molecule has 10 heteroatoms. The van der Waals surface area contributed by atoms with E-state index in [4.69, 9.17) is 16.0 Å².